The first-order valence-electron chi connectivity index (χ1n) is 3.51. The summed E-state index contributed by atoms with van der Waals surface area (Å²) in [5.41, 5.74) is 1.34. The van der Waals surface area contributed by atoms with Crippen molar-refractivity contribution in [1.29, 1.82) is 0 Å². The normalized spacial score (nSPS) is 11.0. The maximum absolute atomic E-state index is 9.03. The zero-order valence-corrected chi connectivity index (χ0v) is 8.75. The van der Waals surface area contributed by atoms with Gasteiger partial charge in [0, 0.05) is 5.56 Å². The van der Waals surface area contributed by atoms with Gasteiger partial charge in [-0.25, -0.2) is 9.50 Å². The minimum absolute atomic E-state index is 0.0812. The third-order valence-electron chi connectivity index (χ3n) is 1.72. The Kier molecular flexibility index (Phi) is 2.23. The number of aliphatic hydroxyl groups is 1. The first-order chi connectivity index (χ1) is 6.24. The summed E-state index contributed by atoms with van der Waals surface area (Å²) in [6, 6.07) is 1.76. The van der Waals surface area contributed by atoms with E-state index < -0.39 is 0 Å². The molecule has 0 saturated carbocycles. The summed E-state index contributed by atoms with van der Waals surface area (Å²) in [4.78, 5) is 3.83. The van der Waals surface area contributed by atoms with E-state index in [-0.39, 0.29) is 6.61 Å². The summed E-state index contributed by atoms with van der Waals surface area (Å²) in [5.74, 6) is 0. The number of hydrogen-bond donors (Lipinski definition) is 1. The largest absolute Gasteiger partial charge is 0.392 e. The Bertz CT molecular complexity index is 456. The summed E-state index contributed by atoms with van der Waals surface area (Å²) in [6.45, 7) is -0.0812. The number of hydrogen-bond acceptors (Lipinski definition) is 3. The van der Waals surface area contributed by atoms with Gasteiger partial charge in [0.2, 0.25) is 0 Å². The smallest absolute Gasteiger partial charge is 0.157 e. The van der Waals surface area contributed by atoms with Crippen molar-refractivity contribution in [2.75, 3.05) is 0 Å². The molecule has 0 saturated heterocycles. The molecule has 2 rings (SSSR count). The molecule has 1 N–H and O–H groups in total. The maximum atomic E-state index is 9.03. The van der Waals surface area contributed by atoms with Crippen LogP contribution in [-0.2, 0) is 6.61 Å². The molecule has 68 valence electrons. The van der Waals surface area contributed by atoms with Gasteiger partial charge in [-0.3, -0.25) is 0 Å². The fourth-order valence-electron chi connectivity index (χ4n) is 1.16. The summed E-state index contributed by atoms with van der Waals surface area (Å²) < 4.78 is 2.33. The fraction of sp³-hybridized carbons (Fsp3) is 0.143. The van der Waals surface area contributed by atoms with Crippen molar-refractivity contribution in [2.45, 2.75) is 6.61 Å². The van der Waals surface area contributed by atoms with Gasteiger partial charge in [0.05, 0.1) is 6.61 Å². The predicted molar refractivity (Wildman–Crippen MR) is 51.6 cm³/mol. The Morgan fingerprint density at radius 3 is 3.08 bits per heavy atom. The molecule has 2 aromatic heterocycles. The topological polar surface area (TPSA) is 50.4 Å². The lowest BCUT2D eigenvalue weighted by Crippen LogP contribution is -1.94. The van der Waals surface area contributed by atoms with Gasteiger partial charge in [0.25, 0.3) is 0 Å². The van der Waals surface area contributed by atoms with Crippen LogP contribution < -0.4 is 0 Å². The third-order valence-corrected chi connectivity index (χ3v) is 2.56. The van der Waals surface area contributed by atoms with Gasteiger partial charge in [-0.1, -0.05) is 11.6 Å². The van der Waals surface area contributed by atoms with Gasteiger partial charge < -0.3 is 5.11 Å². The average Bonchev–Trinajstić information content (AvgIpc) is 2.45. The van der Waals surface area contributed by atoms with Crippen LogP contribution in [0.5, 0.6) is 0 Å². The first kappa shape index (κ1) is 8.93. The molecule has 2 heterocycles. The number of fused-ring (bicyclic) bond motifs is 1. The van der Waals surface area contributed by atoms with Crippen molar-refractivity contribution in [1.82, 2.24) is 14.6 Å². The molecular formula is C7H5BrClN3O. The van der Waals surface area contributed by atoms with E-state index in [0.29, 0.717) is 16.2 Å². The molecule has 0 unspecified atom stereocenters. The van der Waals surface area contributed by atoms with E-state index in [1.807, 2.05) is 0 Å². The second-order valence-electron chi connectivity index (χ2n) is 2.46. The molecule has 0 bridgehead atoms. The molecule has 2 aromatic rings. The Labute approximate surface area is 87.3 Å². The molecule has 0 fully saturated rings. The highest BCUT2D eigenvalue weighted by molar-refractivity contribution is 9.10. The first-order valence-corrected chi connectivity index (χ1v) is 4.68. The highest BCUT2D eigenvalue weighted by atomic mass is 79.9. The van der Waals surface area contributed by atoms with Crippen molar-refractivity contribution in [2.24, 2.45) is 0 Å². The van der Waals surface area contributed by atoms with Crippen LogP contribution in [0.2, 0.25) is 5.15 Å². The standard InChI is InChI=1S/C7H5BrClN3O/c8-5-1-4(2-13)6-7(9)10-3-11-12(5)6/h1,3,13H,2H2. The summed E-state index contributed by atoms with van der Waals surface area (Å²) in [6.07, 6.45) is 1.36. The van der Waals surface area contributed by atoms with E-state index >= 15 is 0 Å². The molecule has 13 heavy (non-hydrogen) atoms. The van der Waals surface area contributed by atoms with Gasteiger partial charge in [-0.05, 0) is 22.0 Å². The van der Waals surface area contributed by atoms with Crippen molar-refractivity contribution in [3.8, 4) is 0 Å². The number of aliphatic hydroxyl groups excluding tert-OH is 1. The Morgan fingerprint density at radius 1 is 1.62 bits per heavy atom. The summed E-state index contributed by atoms with van der Waals surface area (Å²) >= 11 is 9.15. The van der Waals surface area contributed by atoms with Gasteiger partial charge in [0.15, 0.2) is 5.15 Å². The second-order valence-corrected chi connectivity index (χ2v) is 3.63. The molecule has 0 atom stereocenters. The molecule has 0 amide bonds. The van der Waals surface area contributed by atoms with Crippen molar-refractivity contribution in [3.05, 3.63) is 27.7 Å². The van der Waals surface area contributed by atoms with Crippen LogP contribution in [0.25, 0.3) is 5.52 Å². The highest BCUT2D eigenvalue weighted by Gasteiger charge is 2.10. The van der Waals surface area contributed by atoms with Crippen LogP contribution in [0.4, 0.5) is 0 Å². The predicted octanol–water partition coefficient (Wildman–Crippen LogP) is 1.64. The summed E-state index contributed by atoms with van der Waals surface area (Å²) in [5, 5.41) is 13.3. The van der Waals surface area contributed by atoms with E-state index in [1.54, 1.807) is 10.6 Å². The molecule has 4 nitrogen and oxygen atoms in total. The maximum Gasteiger partial charge on any atom is 0.157 e. The zero-order chi connectivity index (χ0) is 9.42. The van der Waals surface area contributed by atoms with Gasteiger partial charge in [0.1, 0.15) is 16.4 Å². The average molecular weight is 262 g/mol. The Balaban J connectivity index is 2.89. The lowest BCUT2D eigenvalue weighted by Gasteiger charge is -1.97. The molecule has 0 aliphatic heterocycles. The monoisotopic (exact) mass is 261 g/mol. The number of rotatable bonds is 1. The van der Waals surface area contributed by atoms with E-state index in [0.717, 1.165) is 4.60 Å². The molecular weight excluding hydrogens is 257 g/mol. The molecule has 0 aliphatic rings. The number of aromatic nitrogens is 3. The highest BCUT2D eigenvalue weighted by Crippen LogP contribution is 2.24. The van der Waals surface area contributed by atoms with E-state index in [4.69, 9.17) is 16.7 Å². The van der Waals surface area contributed by atoms with Crippen molar-refractivity contribution < 1.29 is 5.11 Å². The van der Waals surface area contributed by atoms with Crippen LogP contribution in [0, 0.1) is 0 Å². The van der Waals surface area contributed by atoms with Crippen LogP contribution in [0.15, 0.2) is 17.0 Å². The number of nitrogens with zero attached hydrogens (tertiary/aromatic N) is 3. The van der Waals surface area contributed by atoms with Crippen LogP contribution in [0.3, 0.4) is 0 Å². The molecule has 0 aromatic carbocycles. The van der Waals surface area contributed by atoms with Crippen molar-refractivity contribution in [3.63, 3.8) is 0 Å². The van der Waals surface area contributed by atoms with Gasteiger partial charge >= 0.3 is 0 Å². The minimum atomic E-state index is -0.0812. The lowest BCUT2D eigenvalue weighted by atomic mass is 10.3. The van der Waals surface area contributed by atoms with Crippen LogP contribution in [-0.4, -0.2) is 19.7 Å². The molecule has 0 spiro atoms. The SMILES string of the molecule is OCc1cc(Br)n2ncnc(Cl)c12. The molecule has 6 heteroatoms. The van der Waals surface area contributed by atoms with Crippen LogP contribution in [0.1, 0.15) is 5.56 Å². The van der Waals surface area contributed by atoms with E-state index in [9.17, 15) is 0 Å². The third kappa shape index (κ3) is 1.33. The lowest BCUT2D eigenvalue weighted by molar-refractivity contribution is 0.283. The zero-order valence-electron chi connectivity index (χ0n) is 6.41. The summed E-state index contributed by atoms with van der Waals surface area (Å²) in [7, 11) is 0. The van der Waals surface area contributed by atoms with Crippen molar-refractivity contribution >= 4 is 33.0 Å². The fourth-order valence-corrected chi connectivity index (χ4v) is 1.95. The Hall–Kier alpha value is -0.650. The Morgan fingerprint density at radius 2 is 2.38 bits per heavy atom. The quantitative estimate of drug-likeness (QED) is 0.850. The number of halogens is 2. The van der Waals surface area contributed by atoms with Crippen LogP contribution >= 0.6 is 27.5 Å². The van der Waals surface area contributed by atoms with Gasteiger partial charge in [-0.2, -0.15) is 5.10 Å². The van der Waals surface area contributed by atoms with Gasteiger partial charge in [-0.15, -0.1) is 0 Å². The van der Waals surface area contributed by atoms with E-state index in [2.05, 4.69) is 26.0 Å². The minimum Gasteiger partial charge on any atom is -0.392 e. The molecule has 0 radical (unpaired) electrons. The molecule has 0 aliphatic carbocycles. The van der Waals surface area contributed by atoms with E-state index in [1.165, 1.54) is 6.33 Å². The second kappa shape index (κ2) is 3.25.